The maximum absolute atomic E-state index is 11.3. The third-order valence-electron chi connectivity index (χ3n) is 11.1. The maximum Gasteiger partial charge on any atom is 0.149 e. The Morgan fingerprint density at radius 3 is 2.40 bits per heavy atom. The number of hydrogen-bond donors (Lipinski definition) is 1. The van der Waals surface area contributed by atoms with E-state index >= 15 is 0 Å². The lowest BCUT2D eigenvalue weighted by molar-refractivity contribution is 0.475. The van der Waals surface area contributed by atoms with Crippen molar-refractivity contribution in [1.82, 2.24) is 14.5 Å². The van der Waals surface area contributed by atoms with Gasteiger partial charge in [-0.3, -0.25) is 9.55 Å². The van der Waals surface area contributed by atoms with Crippen molar-refractivity contribution < 1.29 is 9.52 Å². The number of pyridine rings is 1. The first-order valence-corrected chi connectivity index (χ1v) is 17.7. The molecule has 2 bridgehead atoms. The van der Waals surface area contributed by atoms with E-state index in [0.717, 1.165) is 66.6 Å². The first kappa shape index (κ1) is 29.3. The van der Waals surface area contributed by atoms with Gasteiger partial charge in [-0.05, 0) is 102 Å². The summed E-state index contributed by atoms with van der Waals surface area (Å²) < 4.78 is 8.77. The number of phenols is 1. The lowest BCUT2D eigenvalue weighted by Gasteiger charge is -2.20. The fraction of sp³-hybridized carbons (Fsp3) is 0.200. The second-order valence-electron chi connectivity index (χ2n) is 15.1. The lowest BCUT2D eigenvalue weighted by Crippen LogP contribution is -2.11. The second-order valence-corrected chi connectivity index (χ2v) is 15.1. The van der Waals surface area contributed by atoms with Gasteiger partial charge < -0.3 is 9.52 Å². The molecular weight excluding hydrogens is 615 g/mol. The largest absolute Gasteiger partial charge is 0.507 e. The molecule has 5 heteroatoms. The highest BCUT2D eigenvalue weighted by Gasteiger charge is 2.38. The molecule has 5 aromatic carbocycles. The molecule has 2 aliphatic rings. The van der Waals surface area contributed by atoms with Crippen LogP contribution in [0.25, 0.3) is 72.4 Å². The summed E-state index contributed by atoms with van der Waals surface area (Å²) in [5.41, 5.74) is 13.0. The van der Waals surface area contributed by atoms with Gasteiger partial charge in [0.05, 0.1) is 22.3 Å². The summed E-state index contributed by atoms with van der Waals surface area (Å²) in [5.74, 6) is 2.13. The van der Waals surface area contributed by atoms with Crippen LogP contribution in [-0.2, 0) is 5.41 Å². The Bertz CT molecular complexity index is 2640. The van der Waals surface area contributed by atoms with Crippen molar-refractivity contribution >= 4 is 33.0 Å². The van der Waals surface area contributed by atoms with E-state index in [-0.39, 0.29) is 11.2 Å². The third kappa shape index (κ3) is 4.39. The molecular formula is C45H37N3O2. The first-order chi connectivity index (χ1) is 24.3. The van der Waals surface area contributed by atoms with Gasteiger partial charge in [0.25, 0.3) is 0 Å². The van der Waals surface area contributed by atoms with E-state index in [1.54, 1.807) is 6.07 Å². The monoisotopic (exact) mass is 651 g/mol. The van der Waals surface area contributed by atoms with Crippen molar-refractivity contribution in [3.05, 3.63) is 132 Å². The average Bonchev–Trinajstić information content (AvgIpc) is 3.93. The number of nitrogens with zero attached hydrogens (tertiary/aromatic N) is 3. The Hall–Kier alpha value is -5.68. The van der Waals surface area contributed by atoms with Crippen molar-refractivity contribution in [2.45, 2.75) is 57.3 Å². The summed E-state index contributed by atoms with van der Waals surface area (Å²) in [4.78, 5) is 10.7. The van der Waals surface area contributed by atoms with Gasteiger partial charge in [-0.1, -0.05) is 81.4 Å². The van der Waals surface area contributed by atoms with Crippen molar-refractivity contribution in [2.24, 2.45) is 0 Å². The molecule has 5 nitrogen and oxygen atoms in total. The molecule has 10 rings (SSSR count). The van der Waals surface area contributed by atoms with Gasteiger partial charge in [0.2, 0.25) is 0 Å². The molecule has 3 heterocycles. The SMILES string of the molecule is CC(C)(C)c1ccc(O)c(-c2nc3c(-c4cc(-c5ccc6c(n5)C5CCC6C5)c5oc6ccccc6c5c4)cccc3n2-c2ccccc2)c1. The highest BCUT2D eigenvalue weighted by Crippen LogP contribution is 2.53. The molecule has 1 fully saturated rings. The van der Waals surface area contributed by atoms with Gasteiger partial charge in [0.1, 0.15) is 22.7 Å². The minimum atomic E-state index is -0.0957. The van der Waals surface area contributed by atoms with Crippen LogP contribution in [0.1, 0.15) is 68.7 Å². The Labute approximate surface area is 290 Å². The van der Waals surface area contributed by atoms with Gasteiger partial charge >= 0.3 is 0 Å². The van der Waals surface area contributed by atoms with Crippen LogP contribution in [0.2, 0.25) is 0 Å². The molecule has 0 spiro atoms. The van der Waals surface area contributed by atoms with Crippen molar-refractivity contribution in [3.8, 4) is 45.2 Å². The molecule has 2 aliphatic carbocycles. The van der Waals surface area contributed by atoms with Crippen LogP contribution in [0.15, 0.2) is 120 Å². The third-order valence-corrected chi connectivity index (χ3v) is 11.1. The van der Waals surface area contributed by atoms with Crippen molar-refractivity contribution in [1.29, 1.82) is 0 Å². The summed E-state index contributed by atoms with van der Waals surface area (Å²) in [5, 5.41) is 13.5. The van der Waals surface area contributed by atoms with Crippen LogP contribution in [0.3, 0.4) is 0 Å². The number of benzene rings is 5. The zero-order valence-corrected chi connectivity index (χ0v) is 28.4. The summed E-state index contributed by atoms with van der Waals surface area (Å²) in [7, 11) is 0. The predicted octanol–water partition coefficient (Wildman–Crippen LogP) is 11.7. The highest BCUT2D eigenvalue weighted by molar-refractivity contribution is 6.12. The average molecular weight is 652 g/mol. The molecule has 2 atom stereocenters. The van der Waals surface area contributed by atoms with E-state index in [2.05, 4.69) is 98.1 Å². The zero-order chi connectivity index (χ0) is 33.7. The number of aromatic nitrogens is 3. The van der Waals surface area contributed by atoms with E-state index in [1.807, 2.05) is 36.4 Å². The number of para-hydroxylation sites is 3. The van der Waals surface area contributed by atoms with Crippen LogP contribution in [0.5, 0.6) is 5.75 Å². The highest BCUT2D eigenvalue weighted by atomic mass is 16.3. The van der Waals surface area contributed by atoms with Crippen LogP contribution in [0, 0.1) is 0 Å². The Kier molecular flexibility index (Phi) is 6.24. The number of fused-ring (bicyclic) bond motifs is 9. The molecule has 50 heavy (non-hydrogen) atoms. The zero-order valence-electron chi connectivity index (χ0n) is 28.4. The molecule has 0 saturated heterocycles. The number of phenolic OH excluding ortho intramolecular Hbond substituents is 1. The maximum atomic E-state index is 11.3. The minimum Gasteiger partial charge on any atom is -0.507 e. The molecule has 0 radical (unpaired) electrons. The topological polar surface area (TPSA) is 64.1 Å². The number of hydrogen-bond acceptors (Lipinski definition) is 4. The normalized spacial score (nSPS) is 16.9. The van der Waals surface area contributed by atoms with Gasteiger partial charge in [0, 0.05) is 39.2 Å². The standard InChI is InChI=1S/C45H37N3O2/c1-45(2,3)29-18-21-39(49)36(25-29)44-47-42-31(13-9-14-38(42)48(44)30-10-5-4-6-11-30)28-23-34-33-12-7-8-15-40(33)50-43(34)35(24-28)37-20-19-32-26-16-17-27(22-26)41(32)46-37/h4-15,18-21,23-27,49H,16-17,22H2,1-3H3. The first-order valence-electron chi connectivity index (χ1n) is 17.7. The van der Waals surface area contributed by atoms with Crippen molar-refractivity contribution in [2.75, 3.05) is 0 Å². The fourth-order valence-corrected chi connectivity index (χ4v) is 8.53. The van der Waals surface area contributed by atoms with E-state index in [4.69, 9.17) is 14.4 Å². The fourth-order valence-electron chi connectivity index (χ4n) is 8.53. The molecule has 244 valence electrons. The summed E-state index contributed by atoms with van der Waals surface area (Å²) in [6.07, 6.45) is 3.74. The van der Waals surface area contributed by atoms with Crippen LogP contribution >= 0.6 is 0 Å². The van der Waals surface area contributed by atoms with E-state index in [0.29, 0.717) is 23.2 Å². The predicted molar refractivity (Wildman–Crippen MR) is 202 cm³/mol. The minimum absolute atomic E-state index is 0.0957. The quantitative estimate of drug-likeness (QED) is 0.206. The van der Waals surface area contributed by atoms with E-state index < -0.39 is 0 Å². The summed E-state index contributed by atoms with van der Waals surface area (Å²) in [6.45, 7) is 6.57. The number of imidazole rings is 1. The Balaban J connectivity index is 1.25. The smallest absolute Gasteiger partial charge is 0.149 e. The van der Waals surface area contributed by atoms with E-state index in [9.17, 15) is 5.11 Å². The number of furan rings is 1. The van der Waals surface area contributed by atoms with Crippen molar-refractivity contribution in [3.63, 3.8) is 0 Å². The summed E-state index contributed by atoms with van der Waals surface area (Å²) >= 11 is 0. The van der Waals surface area contributed by atoms with Gasteiger partial charge in [-0.2, -0.15) is 0 Å². The molecule has 8 aromatic rings. The number of aromatic hydroxyl groups is 1. The molecule has 0 amide bonds. The van der Waals surface area contributed by atoms with Gasteiger partial charge in [-0.15, -0.1) is 0 Å². The second kappa shape index (κ2) is 10.7. The Morgan fingerprint density at radius 2 is 1.54 bits per heavy atom. The van der Waals surface area contributed by atoms with Gasteiger partial charge in [0.15, 0.2) is 0 Å². The Morgan fingerprint density at radius 1 is 0.720 bits per heavy atom. The molecule has 1 N–H and O–H groups in total. The van der Waals surface area contributed by atoms with Crippen LogP contribution in [-0.4, -0.2) is 19.6 Å². The number of rotatable bonds is 4. The van der Waals surface area contributed by atoms with Crippen LogP contribution in [0.4, 0.5) is 0 Å². The molecule has 3 aromatic heterocycles. The van der Waals surface area contributed by atoms with Gasteiger partial charge in [-0.25, -0.2) is 4.98 Å². The van der Waals surface area contributed by atoms with E-state index in [1.165, 1.54) is 30.5 Å². The summed E-state index contributed by atoms with van der Waals surface area (Å²) in [6, 6.07) is 39.8. The molecule has 2 unspecified atom stereocenters. The molecule has 0 aliphatic heterocycles. The molecule has 1 saturated carbocycles. The lowest BCUT2D eigenvalue weighted by atomic mass is 9.86. The van der Waals surface area contributed by atoms with Crippen LogP contribution < -0.4 is 0 Å².